The molecule has 2 rings (SSSR count). The summed E-state index contributed by atoms with van der Waals surface area (Å²) >= 11 is 0. The molecule has 0 spiro atoms. The second kappa shape index (κ2) is 11.4. The Balaban J connectivity index is 2.17. The monoisotopic (exact) mass is 403 g/mol. The molecule has 0 saturated carbocycles. The minimum Gasteiger partial charge on any atom is -0.383 e. The van der Waals surface area contributed by atoms with Gasteiger partial charge in [0.25, 0.3) is 5.91 Å². The van der Waals surface area contributed by atoms with Gasteiger partial charge in [0.05, 0.1) is 18.7 Å². The maximum Gasteiger partial charge on any atom is 0.257 e. The average Bonchev–Trinajstić information content (AvgIpc) is 3.12. The molecule has 0 bridgehead atoms. The minimum absolute atomic E-state index is 0.0426. The summed E-state index contributed by atoms with van der Waals surface area (Å²) in [4.78, 5) is 29.1. The topological polar surface area (TPSA) is 54.8 Å². The number of benzene rings is 1. The number of methoxy groups -OCH3 is 1. The van der Waals surface area contributed by atoms with Gasteiger partial charge in [-0.05, 0) is 30.7 Å². The van der Waals surface area contributed by atoms with E-state index in [0.29, 0.717) is 13.1 Å². The van der Waals surface area contributed by atoms with E-state index < -0.39 is 11.7 Å². The molecule has 0 radical (unpaired) electrons. The Morgan fingerprint density at radius 2 is 1.86 bits per heavy atom. The SMILES string of the molecule is CCCCN(Cc1cccn1C)C(=O)CN(CCOC)C(=O)c1ccccc1F. The highest BCUT2D eigenvalue weighted by Crippen LogP contribution is 2.12. The van der Waals surface area contributed by atoms with Gasteiger partial charge in [-0.1, -0.05) is 25.5 Å². The van der Waals surface area contributed by atoms with Crippen LogP contribution in [0.1, 0.15) is 35.8 Å². The average molecular weight is 403 g/mol. The van der Waals surface area contributed by atoms with E-state index in [1.807, 2.05) is 29.9 Å². The number of rotatable bonds is 11. The first-order valence-electron chi connectivity index (χ1n) is 9.88. The Hall–Kier alpha value is -2.67. The summed E-state index contributed by atoms with van der Waals surface area (Å²) < 4.78 is 21.2. The van der Waals surface area contributed by atoms with Crippen molar-refractivity contribution >= 4 is 11.8 Å². The van der Waals surface area contributed by atoms with Gasteiger partial charge < -0.3 is 19.1 Å². The first-order chi connectivity index (χ1) is 14.0. The fraction of sp³-hybridized carbons (Fsp3) is 0.455. The fourth-order valence-electron chi connectivity index (χ4n) is 3.02. The molecule has 158 valence electrons. The van der Waals surface area contributed by atoms with Crippen LogP contribution in [0.3, 0.4) is 0 Å². The van der Waals surface area contributed by atoms with Gasteiger partial charge in [-0.2, -0.15) is 0 Å². The summed E-state index contributed by atoms with van der Waals surface area (Å²) in [6.45, 7) is 3.49. The number of aromatic nitrogens is 1. The molecule has 1 heterocycles. The molecule has 0 aliphatic rings. The largest absolute Gasteiger partial charge is 0.383 e. The second-order valence-corrected chi connectivity index (χ2v) is 6.98. The molecule has 29 heavy (non-hydrogen) atoms. The lowest BCUT2D eigenvalue weighted by Gasteiger charge is -2.28. The number of unbranched alkanes of at least 4 members (excludes halogenated alkanes) is 1. The first kappa shape index (κ1) is 22.6. The first-order valence-corrected chi connectivity index (χ1v) is 9.88. The van der Waals surface area contributed by atoms with Crippen molar-refractivity contribution in [1.82, 2.24) is 14.4 Å². The lowest BCUT2D eigenvalue weighted by molar-refractivity contribution is -0.132. The third-order valence-electron chi connectivity index (χ3n) is 4.82. The Kier molecular flexibility index (Phi) is 8.86. The van der Waals surface area contributed by atoms with Gasteiger partial charge in [-0.3, -0.25) is 9.59 Å². The van der Waals surface area contributed by atoms with Gasteiger partial charge >= 0.3 is 0 Å². The third kappa shape index (κ3) is 6.42. The number of hydrogen-bond donors (Lipinski definition) is 0. The fourth-order valence-corrected chi connectivity index (χ4v) is 3.02. The molecular formula is C22H30FN3O3. The van der Waals surface area contributed by atoms with E-state index in [9.17, 15) is 14.0 Å². The summed E-state index contributed by atoms with van der Waals surface area (Å²) in [6, 6.07) is 9.72. The molecule has 7 heteroatoms. The van der Waals surface area contributed by atoms with Crippen LogP contribution in [0.2, 0.25) is 0 Å². The third-order valence-corrected chi connectivity index (χ3v) is 4.82. The van der Waals surface area contributed by atoms with E-state index >= 15 is 0 Å². The van der Waals surface area contributed by atoms with Gasteiger partial charge in [-0.15, -0.1) is 0 Å². The molecule has 0 N–H and O–H groups in total. The lowest BCUT2D eigenvalue weighted by atomic mass is 10.2. The zero-order valence-electron chi connectivity index (χ0n) is 17.4. The molecule has 6 nitrogen and oxygen atoms in total. The molecule has 0 atom stereocenters. The Morgan fingerprint density at radius 1 is 1.10 bits per heavy atom. The van der Waals surface area contributed by atoms with Crippen molar-refractivity contribution in [2.24, 2.45) is 7.05 Å². The number of amides is 2. The van der Waals surface area contributed by atoms with E-state index in [-0.39, 0.29) is 31.2 Å². The van der Waals surface area contributed by atoms with Crippen LogP contribution in [0.25, 0.3) is 0 Å². The molecule has 0 saturated heterocycles. The Morgan fingerprint density at radius 3 is 2.48 bits per heavy atom. The molecule has 0 unspecified atom stereocenters. The summed E-state index contributed by atoms with van der Waals surface area (Å²) in [7, 11) is 3.46. The highest BCUT2D eigenvalue weighted by Gasteiger charge is 2.24. The van der Waals surface area contributed by atoms with Gasteiger partial charge in [0.1, 0.15) is 12.4 Å². The van der Waals surface area contributed by atoms with Crippen LogP contribution in [-0.2, 0) is 23.1 Å². The number of carbonyl (C=O) groups excluding carboxylic acids is 2. The molecule has 1 aromatic carbocycles. The maximum atomic E-state index is 14.1. The van der Waals surface area contributed by atoms with Crippen molar-refractivity contribution in [3.8, 4) is 0 Å². The summed E-state index contributed by atoms with van der Waals surface area (Å²) in [6.07, 6.45) is 3.76. The molecule has 2 amide bonds. The van der Waals surface area contributed by atoms with Crippen molar-refractivity contribution < 1.29 is 18.7 Å². The minimum atomic E-state index is -0.598. The Labute approximate surface area is 171 Å². The number of ether oxygens (including phenoxy) is 1. The van der Waals surface area contributed by atoms with Crippen LogP contribution < -0.4 is 0 Å². The molecule has 2 aromatic rings. The van der Waals surface area contributed by atoms with Crippen molar-refractivity contribution in [1.29, 1.82) is 0 Å². The second-order valence-electron chi connectivity index (χ2n) is 6.98. The normalized spacial score (nSPS) is 10.8. The number of halogens is 1. The van der Waals surface area contributed by atoms with Crippen LogP contribution in [-0.4, -0.2) is 59.5 Å². The maximum absolute atomic E-state index is 14.1. The molecular weight excluding hydrogens is 373 g/mol. The molecule has 0 aliphatic heterocycles. The highest BCUT2D eigenvalue weighted by atomic mass is 19.1. The number of aryl methyl sites for hydroxylation is 1. The summed E-state index contributed by atoms with van der Waals surface area (Å²) in [5.41, 5.74) is 0.970. The summed E-state index contributed by atoms with van der Waals surface area (Å²) in [5, 5.41) is 0. The van der Waals surface area contributed by atoms with E-state index in [2.05, 4.69) is 6.92 Å². The van der Waals surface area contributed by atoms with Crippen LogP contribution in [0.4, 0.5) is 4.39 Å². The number of carbonyl (C=O) groups is 2. The van der Waals surface area contributed by atoms with Gasteiger partial charge in [-0.25, -0.2) is 4.39 Å². The van der Waals surface area contributed by atoms with Crippen LogP contribution in [0, 0.1) is 5.82 Å². The van der Waals surface area contributed by atoms with E-state index in [1.54, 1.807) is 11.0 Å². The molecule has 0 aliphatic carbocycles. The summed E-state index contributed by atoms with van der Waals surface area (Å²) in [5.74, 6) is -1.28. The van der Waals surface area contributed by atoms with Crippen molar-refractivity contribution in [3.05, 3.63) is 59.7 Å². The van der Waals surface area contributed by atoms with E-state index in [4.69, 9.17) is 4.74 Å². The number of nitrogens with zero attached hydrogens (tertiary/aromatic N) is 3. The van der Waals surface area contributed by atoms with E-state index in [1.165, 1.54) is 30.2 Å². The zero-order valence-corrected chi connectivity index (χ0v) is 17.4. The number of hydrogen-bond acceptors (Lipinski definition) is 3. The zero-order chi connectivity index (χ0) is 21.2. The smallest absolute Gasteiger partial charge is 0.257 e. The van der Waals surface area contributed by atoms with Crippen LogP contribution in [0.5, 0.6) is 0 Å². The van der Waals surface area contributed by atoms with Crippen LogP contribution >= 0.6 is 0 Å². The Bertz CT molecular complexity index is 806. The van der Waals surface area contributed by atoms with Gasteiger partial charge in [0.15, 0.2) is 0 Å². The quantitative estimate of drug-likeness (QED) is 0.579. The standard InChI is InChI=1S/C22H30FN3O3/c1-4-5-13-25(16-18-9-8-12-24(18)2)21(27)17-26(14-15-29-3)22(28)19-10-6-7-11-20(19)23/h6-12H,4-5,13-17H2,1-3H3. The van der Waals surface area contributed by atoms with Crippen molar-refractivity contribution in [3.63, 3.8) is 0 Å². The van der Waals surface area contributed by atoms with Gasteiger partial charge in [0, 0.05) is 39.1 Å². The van der Waals surface area contributed by atoms with E-state index in [0.717, 1.165) is 18.5 Å². The molecule has 1 aromatic heterocycles. The predicted octanol–water partition coefficient (Wildman–Crippen LogP) is 3.08. The van der Waals surface area contributed by atoms with Gasteiger partial charge in [0.2, 0.25) is 5.91 Å². The highest BCUT2D eigenvalue weighted by molar-refractivity contribution is 5.96. The predicted molar refractivity (Wildman–Crippen MR) is 110 cm³/mol. The molecule has 0 fully saturated rings. The van der Waals surface area contributed by atoms with Crippen LogP contribution in [0.15, 0.2) is 42.6 Å². The lowest BCUT2D eigenvalue weighted by Crippen LogP contribution is -2.44. The van der Waals surface area contributed by atoms with Crippen molar-refractivity contribution in [2.75, 3.05) is 33.4 Å². The van der Waals surface area contributed by atoms with Crippen molar-refractivity contribution in [2.45, 2.75) is 26.3 Å².